The van der Waals surface area contributed by atoms with Crippen LogP contribution in [-0.2, 0) is 0 Å². The first-order chi connectivity index (χ1) is 2.27. The van der Waals surface area contributed by atoms with E-state index in [4.69, 9.17) is 6.36 Å². The van der Waals surface area contributed by atoms with Crippen LogP contribution in [-0.4, -0.2) is 13.5 Å². The molecule has 0 aromatic rings. The lowest BCUT2D eigenvalue weighted by Crippen LogP contribution is -1.63. The molecule has 4 heteroatoms. The van der Waals surface area contributed by atoms with Gasteiger partial charge >= 0.3 is 7.17 Å². The monoisotopic (exact) mass is 81.0 g/mol. The highest BCUT2D eigenvalue weighted by molar-refractivity contribution is 7.65. The zero-order valence-electron chi connectivity index (χ0n) is 2.90. The molecule has 0 aliphatic heterocycles. The summed E-state index contributed by atoms with van der Waals surface area (Å²) >= 11 is 0. The van der Waals surface area contributed by atoms with Gasteiger partial charge in [0, 0.05) is 1.34 Å². The van der Waals surface area contributed by atoms with Gasteiger partial charge in [-0.1, -0.05) is 0 Å². The predicted octanol–water partition coefficient (Wildman–Crippen LogP) is -0.192. The topological polar surface area (TPSA) is 20.2 Å². The van der Waals surface area contributed by atoms with Gasteiger partial charge in [-0.05, 0) is 0 Å². The highest BCUT2D eigenvalue weighted by atomic mass is 31.1. The Kier molecular flexibility index (Phi) is 2.21. The summed E-state index contributed by atoms with van der Waals surface area (Å²) in [6.45, 7) is 0. The molecule has 0 amide bonds. The Morgan fingerprint density at radius 1 is 2.50 bits per heavy atom. The largest absolute Gasteiger partial charge is 0.448 e. The van der Waals surface area contributed by atoms with Crippen molar-refractivity contribution in [2.45, 2.75) is 0 Å². The zero-order chi connectivity index (χ0) is 4.28. The molecule has 0 spiro atoms. The van der Waals surface area contributed by atoms with Gasteiger partial charge in [-0.3, -0.25) is 0 Å². The fourth-order valence-electron chi connectivity index (χ4n) is 0. The van der Waals surface area contributed by atoms with Crippen LogP contribution in [0.4, 0.5) is 4.20 Å². The van der Waals surface area contributed by atoms with Gasteiger partial charge in [-0.2, -0.15) is 0 Å². The van der Waals surface area contributed by atoms with Crippen LogP contribution in [0.1, 0.15) is 0 Å². The third-order valence-corrected chi connectivity index (χ3v) is 0.146. The van der Waals surface area contributed by atoms with Gasteiger partial charge < -0.3 is 5.02 Å². The van der Waals surface area contributed by atoms with E-state index in [0.29, 0.717) is 0 Å². The molecule has 1 atom stereocenters. The van der Waals surface area contributed by atoms with Crippen LogP contribution in [0, 0.1) is 0 Å². The minimum absolute atomic E-state index is 1.16. The van der Waals surface area contributed by atoms with Crippen molar-refractivity contribution in [1.82, 2.24) is 0 Å². The van der Waals surface area contributed by atoms with Crippen LogP contribution in [0.25, 0.3) is 0 Å². The van der Waals surface area contributed by atoms with Gasteiger partial charge in [0.25, 0.3) is 0 Å². The third kappa shape index (κ3) is 2.38. The minimum atomic E-state index is -1.50. The van der Waals surface area contributed by atoms with E-state index in [-0.39, 0.29) is 0 Å². The van der Waals surface area contributed by atoms with Crippen LogP contribution in [0.5, 0.6) is 0 Å². The SMILES string of the molecule is [2H]B(O)PF. The van der Waals surface area contributed by atoms with E-state index < -0.39 is 15.9 Å². The van der Waals surface area contributed by atoms with E-state index in [1.165, 1.54) is 0 Å². The van der Waals surface area contributed by atoms with Gasteiger partial charge in [0.2, 0.25) is 0 Å². The molecular weight excluding hydrogens is 76.8 g/mol. The zero-order valence-corrected chi connectivity index (χ0v) is 2.90. The second-order valence-corrected chi connectivity index (χ2v) is 0.715. The first-order valence-electron chi connectivity index (χ1n) is 1.31. The van der Waals surface area contributed by atoms with Crippen LogP contribution >= 0.6 is 8.77 Å². The molecule has 0 fully saturated rings. The summed E-state index contributed by atoms with van der Waals surface area (Å²) in [4.78, 5) is 0. The maximum atomic E-state index is 10.7. The maximum Gasteiger partial charge on any atom is 0.332 e. The quantitative estimate of drug-likeness (QED) is 0.342. The Bertz CT molecular complexity index is 25.6. The molecule has 0 aliphatic rings. The van der Waals surface area contributed by atoms with Crippen LogP contribution in [0.3, 0.4) is 0 Å². The Hall–Kier alpha value is 0.385. The Morgan fingerprint density at radius 2 is 2.75 bits per heavy atom. The number of rotatable bonds is 1. The van der Waals surface area contributed by atoms with E-state index in [1.807, 2.05) is 0 Å². The Labute approximate surface area is 27.7 Å². The lowest BCUT2D eigenvalue weighted by Gasteiger charge is -1.60. The fraction of sp³-hybridized carbons (Fsp3) is 0. The summed E-state index contributed by atoms with van der Waals surface area (Å²) < 4.78 is 16.7. The summed E-state index contributed by atoms with van der Waals surface area (Å²) in [6, 6.07) is 0. The van der Waals surface area contributed by atoms with E-state index in [0.717, 1.165) is 0 Å². The minimum Gasteiger partial charge on any atom is -0.448 e. The molecule has 0 saturated heterocycles. The first-order valence-corrected chi connectivity index (χ1v) is 1.69. The average Bonchev–Trinajstić information content (AvgIpc) is 1.38. The molecule has 0 heterocycles. The summed E-state index contributed by atoms with van der Waals surface area (Å²) in [5, 5.41) is 7.67. The summed E-state index contributed by atoms with van der Waals surface area (Å²) in [7, 11) is -2.67. The number of halogens is 1. The van der Waals surface area contributed by atoms with Crippen molar-refractivity contribution in [3.05, 3.63) is 0 Å². The molecule has 0 radical (unpaired) electrons. The second-order valence-electron chi connectivity index (χ2n) is 0.238. The highest BCUT2D eigenvalue weighted by Crippen LogP contribution is 2.01. The van der Waals surface area contributed by atoms with E-state index in [1.54, 1.807) is 0 Å². The first kappa shape index (κ1) is 2.61. The molecule has 1 N–H and O–H groups in total. The molecule has 0 bridgehead atoms. The molecule has 24 valence electrons. The molecule has 0 rings (SSSR count). The van der Waals surface area contributed by atoms with Gasteiger partial charge in [-0.25, -0.2) is 4.20 Å². The van der Waals surface area contributed by atoms with E-state index >= 15 is 0 Å². The molecular formula is H3BFOP. The van der Waals surface area contributed by atoms with Crippen molar-refractivity contribution in [3.63, 3.8) is 0 Å². The average molecular weight is 80.8 g/mol. The normalized spacial score (nSPS) is 13.0. The summed E-state index contributed by atoms with van der Waals surface area (Å²) in [5.41, 5.74) is 0. The van der Waals surface area contributed by atoms with Gasteiger partial charge in [-0.15, -0.1) is 0 Å². The van der Waals surface area contributed by atoms with Gasteiger partial charge in [0.05, 0.1) is 8.77 Å². The summed E-state index contributed by atoms with van der Waals surface area (Å²) in [6.07, 6.45) is 0. The number of hydrogen-bond acceptors (Lipinski definition) is 1. The predicted molar refractivity (Wildman–Crippen MR) is 18.8 cm³/mol. The molecule has 1 nitrogen and oxygen atoms in total. The standard InChI is InChI=1S/BFH3OP/c2-4-1-3/h1,3-4H/i1D. The van der Waals surface area contributed by atoms with Crippen molar-refractivity contribution in [1.29, 1.82) is 1.34 Å². The van der Waals surface area contributed by atoms with Crippen molar-refractivity contribution in [3.8, 4) is 0 Å². The van der Waals surface area contributed by atoms with Crippen molar-refractivity contribution < 1.29 is 9.22 Å². The van der Waals surface area contributed by atoms with Crippen molar-refractivity contribution in [2.24, 2.45) is 0 Å². The lowest BCUT2D eigenvalue weighted by atomic mass is 10.6. The molecule has 0 aromatic carbocycles. The summed E-state index contributed by atoms with van der Waals surface area (Å²) in [5.74, 6) is 0. The molecule has 4 heavy (non-hydrogen) atoms. The van der Waals surface area contributed by atoms with Crippen molar-refractivity contribution in [2.75, 3.05) is 0 Å². The highest BCUT2D eigenvalue weighted by Gasteiger charge is 1.69. The van der Waals surface area contributed by atoms with E-state index in [2.05, 4.69) is 0 Å². The van der Waals surface area contributed by atoms with Crippen LogP contribution in [0.2, 0.25) is 0 Å². The van der Waals surface area contributed by atoms with Gasteiger partial charge in [0.1, 0.15) is 0 Å². The maximum absolute atomic E-state index is 10.7. The fourth-order valence-corrected chi connectivity index (χ4v) is 0. The molecule has 0 aromatic heterocycles. The van der Waals surface area contributed by atoms with Gasteiger partial charge in [0.15, 0.2) is 0 Å². The second kappa shape index (κ2) is 3.38. The van der Waals surface area contributed by atoms with Crippen molar-refractivity contribution >= 4 is 15.9 Å². The van der Waals surface area contributed by atoms with E-state index in [9.17, 15) is 4.20 Å². The Balaban J connectivity index is 2.54. The Morgan fingerprint density at radius 3 is 2.75 bits per heavy atom. The van der Waals surface area contributed by atoms with Crippen LogP contribution < -0.4 is 0 Å². The lowest BCUT2D eigenvalue weighted by molar-refractivity contribution is 0.620. The smallest absolute Gasteiger partial charge is 0.332 e. The molecule has 0 aliphatic carbocycles. The molecule has 1 unspecified atom stereocenters. The molecule has 0 saturated carbocycles. The third-order valence-electron chi connectivity index (χ3n) is 0.0488. The van der Waals surface area contributed by atoms with Crippen LogP contribution in [0.15, 0.2) is 0 Å². The number of hydrogen-bond donors (Lipinski definition) is 1.